The van der Waals surface area contributed by atoms with Crippen LogP contribution in [0.5, 0.6) is 0 Å². The molecule has 0 radical (unpaired) electrons. The van der Waals surface area contributed by atoms with Crippen molar-refractivity contribution in [2.75, 3.05) is 12.4 Å². The van der Waals surface area contributed by atoms with E-state index in [1.54, 1.807) is 0 Å². The van der Waals surface area contributed by atoms with Crippen molar-refractivity contribution in [2.24, 2.45) is 0 Å². The summed E-state index contributed by atoms with van der Waals surface area (Å²) in [5.74, 6) is 0. The number of urea groups is 1. The molecule has 0 aromatic heterocycles. The van der Waals surface area contributed by atoms with Crippen molar-refractivity contribution < 1.29 is 9.72 Å². The van der Waals surface area contributed by atoms with Crippen LogP contribution in [0.1, 0.15) is 0 Å². The van der Waals surface area contributed by atoms with Gasteiger partial charge in [-0.2, -0.15) is 0 Å². The summed E-state index contributed by atoms with van der Waals surface area (Å²) >= 11 is 0. The van der Waals surface area contributed by atoms with E-state index >= 15 is 0 Å². The molecule has 0 saturated carbocycles. The van der Waals surface area contributed by atoms with Crippen LogP contribution < -0.4 is 10.6 Å². The molecule has 0 fully saturated rings. The lowest BCUT2D eigenvalue weighted by Gasteiger charge is -2.02. The van der Waals surface area contributed by atoms with Gasteiger partial charge in [-0.15, -0.1) is 0 Å². The summed E-state index contributed by atoms with van der Waals surface area (Å²) in [6.07, 6.45) is 0. The summed E-state index contributed by atoms with van der Waals surface area (Å²) < 4.78 is 0. The highest BCUT2D eigenvalue weighted by atomic mass is 16.6. The number of nitro groups is 1. The summed E-state index contributed by atoms with van der Waals surface area (Å²) in [6, 6.07) is 5.22. The van der Waals surface area contributed by atoms with Crippen molar-refractivity contribution in [1.82, 2.24) is 5.32 Å². The molecule has 6 nitrogen and oxygen atoms in total. The van der Waals surface area contributed by atoms with Crippen molar-refractivity contribution in [3.05, 3.63) is 34.4 Å². The third kappa shape index (κ3) is 2.44. The Labute approximate surface area is 80.1 Å². The Balaban J connectivity index is 2.73. The molecule has 0 bridgehead atoms. The lowest BCUT2D eigenvalue weighted by atomic mass is 10.3. The van der Waals surface area contributed by atoms with Crippen LogP contribution in [0.3, 0.4) is 0 Å². The van der Waals surface area contributed by atoms with Crippen molar-refractivity contribution in [3.63, 3.8) is 0 Å². The van der Waals surface area contributed by atoms with E-state index in [1.807, 2.05) is 0 Å². The van der Waals surface area contributed by atoms with Crippen LogP contribution in [-0.2, 0) is 0 Å². The second-order valence-electron chi connectivity index (χ2n) is 2.51. The van der Waals surface area contributed by atoms with Gasteiger partial charge in [0, 0.05) is 24.9 Å². The van der Waals surface area contributed by atoms with Crippen molar-refractivity contribution in [3.8, 4) is 0 Å². The topological polar surface area (TPSA) is 84.3 Å². The maximum absolute atomic E-state index is 10.8. The van der Waals surface area contributed by atoms with Crippen LogP contribution >= 0.6 is 0 Å². The summed E-state index contributed by atoms with van der Waals surface area (Å²) in [5.41, 5.74) is 0.502. The molecule has 0 atom stereocenters. The zero-order valence-corrected chi connectivity index (χ0v) is 7.48. The summed E-state index contributed by atoms with van der Waals surface area (Å²) in [4.78, 5) is 20.6. The molecule has 6 heteroatoms. The summed E-state index contributed by atoms with van der Waals surface area (Å²) in [7, 11) is 1.49. The second kappa shape index (κ2) is 4.22. The average Bonchev–Trinajstić information content (AvgIpc) is 2.18. The first-order valence-corrected chi connectivity index (χ1v) is 3.86. The predicted molar refractivity (Wildman–Crippen MR) is 51.2 cm³/mol. The molecule has 2 amide bonds. The maximum atomic E-state index is 10.8. The van der Waals surface area contributed by atoms with E-state index in [0.717, 1.165) is 0 Å². The molecule has 1 rings (SSSR count). The van der Waals surface area contributed by atoms with Gasteiger partial charge < -0.3 is 10.6 Å². The van der Waals surface area contributed by atoms with E-state index in [0.29, 0.717) is 5.69 Å². The standard InChI is InChI=1S/C8H9N3O3/c1-9-8(12)10-6-2-4-7(5-3-6)11(13)14/h2-5H,1H3,(H2,9,10,12). The molecule has 0 heterocycles. The number of nitro benzene ring substituents is 1. The van der Waals surface area contributed by atoms with Crippen molar-refractivity contribution in [1.29, 1.82) is 0 Å². The Morgan fingerprint density at radius 3 is 2.36 bits per heavy atom. The van der Waals surface area contributed by atoms with Gasteiger partial charge in [0.05, 0.1) is 4.92 Å². The quantitative estimate of drug-likeness (QED) is 0.551. The Hall–Kier alpha value is -2.11. The monoisotopic (exact) mass is 195 g/mol. The number of nitrogens with zero attached hydrogens (tertiary/aromatic N) is 1. The van der Waals surface area contributed by atoms with Crippen molar-refractivity contribution >= 4 is 17.4 Å². The van der Waals surface area contributed by atoms with Crippen LogP contribution in [0.15, 0.2) is 24.3 Å². The van der Waals surface area contributed by atoms with E-state index in [1.165, 1.54) is 31.3 Å². The molecule has 2 N–H and O–H groups in total. The maximum Gasteiger partial charge on any atom is 0.318 e. The lowest BCUT2D eigenvalue weighted by Crippen LogP contribution is -2.24. The third-order valence-corrected chi connectivity index (χ3v) is 1.56. The van der Waals surface area contributed by atoms with E-state index in [-0.39, 0.29) is 11.7 Å². The van der Waals surface area contributed by atoms with Gasteiger partial charge in [0.1, 0.15) is 0 Å². The molecule has 1 aromatic rings. The molecule has 0 unspecified atom stereocenters. The van der Waals surface area contributed by atoms with Crippen LogP contribution in [0.4, 0.5) is 16.2 Å². The fourth-order valence-corrected chi connectivity index (χ4v) is 0.860. The van der Waals surface area contributed by atoms with Crippen LogP contribution in [0.25, 0.3) is 0 Å². The lowest BCUT2D eigenvalue weighted by molar-refractivity contribution is -0.384. The van der Waals surface area contributed by atoms with Gasteiger partial charge in [-0.3, -0.25) is 10.1 Å². The van der Waals surface area contributed by atoms with Crippen LogP contribution in [0, 0.1) is 10.1 Å². The van der Waals surface area contributed by atoms with E-state index in [2.05, 4.69) is 10.6 Å². The van der Waals surface area contributed by atoms with Gasteiger partial charge in [-0.05, 0) is 12.1 Å². The molecule has 1 aromatic carbocycles. The Bertz CT molecular complexity index is 347. The molecule has 74 valence electrons. The fourth-order valence-electron chi connectivity index (χ4n) is 0.860. The number of non-ortho nitro benzene ring substituents is 1. The first-order chi connectivity index (χ1) is 6.63. The molecule has 0 aliphatic rings. The van der Waals surface area contributed by atoms with E-state index in [4.69, 9.17) is 0 Å². The number of benzene rings is 1. The van der Waals surface area contributed by atoms with Crippen molar-refractivity contribution in [2.45, 2.75) is 0 Å². The molecule has 0 aliphatic heterocycles. The number of rotatable bonds is 2. The minimum atomic E-state index is -0.496. The SMILES string of the molecule is CNC(=O)Nc1ccc([N+](=O)[O-])cc1. The van der Waals surface area contributed by atoms with Gasteiger partial charge in [0.2, 0.25) is 0 Å². The zero-order valence-electron chi connectivity index (χ0n) is 7.48. The molecule has 0 saturated heterocycles. The van der Waals surface area contributed by atoms with Gasteiger partial charge in [-0.25, -0.2) is 4.79 Å². The second-order valence-corrected chi connectivity index (χ2v) is 2.51. The first-order valence-electron chi connectivity index (χ1n) is 3.86. The number of anilines is 1. The predicted octanol–water partition coefficient (Wildman–Crippen LogP) is 1.35. The Morgan fingerprint density at radius 2 is 1.93 bits per heavy atom. The first kappa shape index (κ1) is 9.97. The minimum Gasteiger partial charge on any atom is -0.341 e. The number of nitrogens with one attached hydrogen (secondary N) is 2. The molecule has 14 heavy (non-hydrogen) atoms. The van der Waals surface area contributed by atoms with E-state index < -0.39 is 4.92 Å². The number of amides is 2. The number of hydrogen-bond donors (Lipinski definition) is 2. The summed E-state index contributed by atoms with van der Waals surface area (Å²) in [5, 5.41) is 15.1. The number of hydrogen-bond acceptors (Lipinski definition) is 3. The number of carbonyl (C=O) groups is 1. The van der Waals surface area contributed by atoms with E-state index in [9.17, 15) is 14.9 Å². The normalized spacial score (nSPS) is 9.21. The van der Waals surface area contributed by atoms with Gasteiger partial charge in [0.15, 0.2) is 0 Å². The Morgan fingerprint density at radius 1 is 1.36 bits per heavy atom. The third-order valence-electron chi connectivity index (χ3n) is 1.56. The fraction of sp³-hybridized carbons (Fsp3) is 0.125. The average molecular weight is 195 g/mol. The van der Waals surface area contributed by atoms with Gasteiger partial charge in [-0.1, -0.05) is 0 Å². The van der Waals surface area contributed by atoms with Crippen LogP contribution in [-0.4, -0.2) is 18.0 Å². The van der Waals surface area contributed by atoms with Gasteiger partial charge in [0.25, 0.3) is 5.69 Å². The molecular weight excluding hydrogens is 186 g/mol. The minimum absolute atomic E-state index is 0.00698. The number of carbonyl (C=O) groups excluding carboxylic acids is 1. The Kier molecular flexibility index (Phi) is 3.01. The molecule has 0 spiro atoms. The molecular formula is C8H9N3O3. The molecule has 0 aliphatic carbocycles. The highest BCUT2D eigenvalue weighted by molar-refractivity contribution is 5.89. The zero-order chi connectivity index (χ0) is 10.6. The summed E-state index contributed by atoms with van der Waals surface area (Å²) in [6.45, 7) is 0. The highest BCUT2D eigenvalue weighted by Gasteiger charge is 2.04. The highest BCUT2D eigenvalue weighted by Crippen LogP contribution is 2.14. The van der Waals surface area contributed by atoms with Gasteiger partial charge >= 0.3 is 6.03 Å². The largest absolute Gasteiger partial charge is 0.341 e. The van der Waals surface area contributed by atoms with Crippen LogP contribution in [0.2, 0.25) is 0 Å². The smallest absolute Gasteiger partial charge is 0.318 e.